The maximum Gasteiger partial charge on any atom is 0.337 e. The van der Waals surface area contributed by atoms with Crippen molar-refractivity contribution in [2.45, 2.75) is 6.54 Å². The number of nitrogen functional groups attached to an aromatic ring is 1. The van der Waals surface area contributed by atoms with Gasteiger partial charge in [0.25, 0.3) is 0 Å². The molecule has 0 spiro atoms. The molecule has 1 heterocycles. The standard InChI is InChI=1S/C13H11F2N3O2/c14-9-2-1-7(3-10(9)15)5-17-12-11(16)4-8(6-18-12)13(19)20/h1-4,6H,5,16H2,(H,17,18)(H,19,20). The van der Waals surface area contributed by atoms with Gasteiger partial charge in [-0.15, -0.1) is 0 Å². The predicted octanol–water partition coefficient (Wildman–Crippen LogP) is 2.25. The number of hydrogen-bond donors (Lipinski definition) is 3. The number of carboxylic acids is 1. The molecule has 7 heteroatoms. The summed E-state index contributed by atoms with van der Waals surface area (Å²) in [6.45, 7) is 0.181. The van der Waals surface area contributed by atoms with Gasteiger partial charge in [0.2, 0.25) is 0 Å². The Morgan fingerprint density at radius 3 is 2.65 bits per heavy atom. The number of anilines is 2. The molecule has 2 aromatic rings. The lowest BCUT2D eigenvalue weighted by Gasteiger charge is -2.09. The molecule has 104 valence electrons. The summed E-state index contributed by atoms with van der Waals surface area (Å²) >= 11 is 0. The van der Waals surface area contributed by atoms with Gasteiger partial charge in [-0.2, -0.15) is 0 Å². The minimum absolute atomic E-state index is 0.0270. The van der Waals surface area contributed by atoms with Gasteiger partial charge in [-0.25, -0.2) is 18.6 Å². The first kappa shape index (κ1) is 13.7. The molecule has 0 saturated carbocycles. The smallest absolute Gasteiger partial charge is 0.337 e. The number of carboxylic acid groups (broad SMARTS) is 1. The third-order valence-electron chi connectivity index (χ3n) is 2.61. The normalized spacial score (nSPS) is 10.3. The second-order valence-electron chi connectivity index (χ2n) is 4.07. The van der Waals surface area contributed by atoms with Crippen LogP contribution in [0.1, 0.15) is 15.9 Å². The first-order chi connectivity index (χ1) is 9.47. The minimum atomic E-state index is -1.13. The molecular formula is C13H11F2N3O2. The maximum absolute atomic E-state index is 13.0. The molecule has 0 unspecified atom stereocenters. The summed E-state index contributed by atoms with van der Waals surface area (Å²) in [5, 5.41) is 11.6. The average molecular weight is 279 g/mol. The van der Waals surface area contributed by atoms with Gasteiger partial charge in [-0.1, -0.05) is 6.07 Å². The number of aromatic nitrogens is 1. The second kappa shape index (κ2) is 5.52. The number of nitrogens with one attached hydrogen (secondary N) is 1. The van der Waals surface area contributed by atoms with Gasteiger partial charge in [-0.05, 0) is 23.8 Å². The molecule has 0 bridgehead atoms. The molecule has 0 aliphatic heterocycles. The number of rotatable bonds is 4. The van der Waals surface area contributed by atoms with Crippen molar-refractivity contribution in [3.63, 3.8) is 0 Å². The molecule has 2 rings (SSSR count). The molecule has 20 heavy (non-hydrogen) atoms. The topological polar surface area (TPSA) is 88.2 Å². The number of hydrogen-bond acceptors (Lipinski definition) is 4. The van der Waals surface area contributed by atoms with E-state index < -0.39 is 17.6 Å². The lowest BCUT2D eigenvalue weighted by atomic mass is 10.2. The van der Waals surface area contributed by atoms with Crippen LogP contribution in [-0.4, -0.2) is 16.1 Å². The second-order valence-corrected chi connectivity index (χ2v) is 4.07. The van der Waals surface area contributed by atoms with Crippen LogP contribution in [-0.2, 0) is 6.54 Å². The molecule has 0 radical (unpaired) electrons. The molecule has 0 aliphatic carbocycles. The summed E-state index contributed by atoms with van der Waals surface area (Å²) in [4.78, 5) is 14.6. The van der Waals surface area contributed by atoms with Crippen LogP contribution in [0.4, 0.5) is 20.3 Å². The zero-order valence-corrected chi connectivity index (χ0v) is 10.2. The number of benzene rings is 1. The zero-order chi connectivity index (χ0) is 14.7. The van der Waals surface area contributed by atoms with E-state index in [1.807, 2.05) is 0 Å². The molecule has 0 fully saturated rings. The Balaban J connectivity index is 2.10. The molecule has 0 amide bonds. The van der Waals surface area contributed by atoms with Crippen LogP contribution in [0.25, 0.3) is 0 Å². The van der Waals surface area contributed by atoms with E-state index in [1.165, 1.54) is 12.1 Å². The largest absolute Gasteiger partial charge is 0.478 e. The quantitative estimate of drug-likeness (QED) is 0.799. The molecule has 5 nitrogen and oxygen atoms in total. The first-order valence-electron chi connectivity index (χ1n) is 5.64. The van der Waals surface area contributed by atoms with Gasteiger partial charge in [0.1, 0.15) is 5.82 Å². The Labute approximate surface area is 113 Å². The zero-order valence-electron chi connectivity index (χ0n) is 10.2. The van der Waals surface area contributed by atoms with Crippen LogP contribution >= 0.6 is 0 Å². The summed E-state index contributed by atoms with van der Waals surface area (Å²) < 4.78 is 25.8. The van der Waals surface area contributed by atoms with Gasteiger partial charge in [0.15, 0.2) is 11.6 Å². The molecule has 0 atom stereocenters. The maximum atomic E-state index is 13.0. The Morgan fingerprint density at radius 2 is 2.05 bits per heavy atom. The minimum Gasteiger partial charge on any atom is -0.478 e. The highest BCUT2D eigenvalue weighted by Gasteiger charge is 2.08. The molecule has 0 saturated heterocycles. The van der Waals surface area contributed by atoms with Crippen molar-refractivity contribution in [1.29, 1.82) is 0 Å². The van der Waals surface area contributed by atoms with Gasteiger partial charge >= 0.3 is 5.97 Å². The van der Waals surface area contributed by atoms with Gasteiger partial charge in [-0.3, -0.25) is 0 Å². The van der Waals surface area contributed by atoms with Gasteiger partial charge < -0.3 is 16.2 Å². The van der Waals surface area contributed by atoms with Crippen molar-refractivity contribution in [2.24, 2.45) is 0 Å². The van der Waals surface area contributed by atoms with Crippen LogP contribution < -0.4 is 11.1 Å². The van der Waals surface area contributed by atoms with Gasteiger partial charge in [0, 0.05) is 12.7 Å². The fourth-order valence-electron chi connectivity index (χ4n) is 1.58. The van der Waals surface area contributed by atoms with E-state index in [0.717, 1.165) is 18.3 Å². The number of aromatic carboxylic acids is 1. The summed E-state index contributed by atoms with van der Waals surface area (Å²) in [6.07, 6.45) is 1.16. The van der Waals surface area contributed by atoms with Crippen LogP contribution in [0, 0.1) is 11.6 Å². The highest BCUT2D eigenvalue weighted by Crippen LogP contribution is 2.18. The number of halogens is 2. The van der Waals surface area contributed by atoms with Crippen molar-refractivity contribution >= 4 is 17.5 Å². The third kappa shape index (κ3) is 3.00. The van der Waals surface area contributed by atoms with E-state index in [1.54, 1.807) is 0 Å². The highest BCUT2D eigenvalue weighted by molar-refractivity contribution is 5.89. The van der Waals surface area contributed by atoms with Crippen molar-refractivity contribution in [1.82, 2.24) is 4.98 Å². The highest BCUT2D eigenvalue weighted by atomic mass is 19.2. The molecule has 1 aromatic carbocycles. The summed E-state index contributed by atoms with van der Waals surface area (Å²) in [5.74, 6) is -2.71. The third-order valence-corrected chi connectivity index (χ3v) is 2.61. The van der Waals surface area contributed by atoms with Crippen LogP contribution in [0.5, 0.6) is 0 Å². The lowest BCUT2D eigenvalue weighted by Crippen LogP contribution is -2.07. The number of pyridine rings is 1. The Kier molecular flexibility index (Phi) is 3.79. The van der Waals surface area contributed by atoms with Crippen molar-refractivity contribution in [2.75, 3.05) is 11.1 Å². The van der Waals surface area contributed by atoms with E-state index in [0.29, 0.717) is 5.56 Å². The van der Waals surface area contributed by atoms with Gasteiger partial charge in [0.05, 0.1) is 11.3 Å². The molecule has 1 aromatic heterocycles. The Morgan fingerprint density at radius 1 is 1.30 bits per heavy atom. The summed E-state index contributed by atoms with van der Waals surface area (Å²) in [7, 11) is 0. The monoisotopic (exact) mass is 279 g/mol. The van der Waals surface area contributed by atoms with Crippen LogP contribution in [0.15, 0.2) is 30.5 Å². The van der Waals surface area contributed by atoms with Crippen molar-refractivity contribution in [3.05, 3.63) is 53.2 Å². The SMILES string of the molecule is Nc1cc(C(=O)O)cnc1NCc1ccc(F)c(F)c1. The van der Waals surface area contributed by atoms with E-state index >= 15 is 0 Å². The number of nitrogens with zero attached hydrogens (tertiary/aromatic N) is 1. The first-order valence-corrected chi connectivity index (χ1v) is 5.64. The van der Waals surface area contributed by atoms with E-state index in [2.05, 4.69) is 10.3 Å². The van der Waals surface area contributed by atoms with Crippen molar-refractivity contribution in [3.8, 4) is 0 Å². The van der Waals surface area contributed by atoms with Crippen LogP contribution in [0.3, 0.4) is 0 Å². The van der Waals surface area contributed by atoms with E-state index in [4.69, 9.17) is 10.8 Å². The van der Waals surface area contributed by atoms with E-state index in [-0.39, 0.29) is 23.6 Å². The molecular weight excluding hydrogens is 268 g/mol. The predicted molar refractivity (Wildman–Crippen MR) is 69.3 cm³/mol. The molecule has 4 N–H and O–H groups in total. The van der Waals surface area contributed by atoms with Crippen LogP contribution in [0.2, 0.25) is 0 Å². The fraction of sp³-hybridized carbons (Fsp3) is 0.0769. The Hall–Kier alpha value is -2.70. The summed E-state index contributed by atoms with van der Waals surface area (Å²) in [5.41, 5.74) is 6.29. The van der Waals surface area contributed by atoms with E-state index in [9.17, 15) is 13.6 Å². The Bertz CT molecular complexity index is 662. The fourth-order valence-corrected chi connectivity index (χ4v) is 1.58. The number of nitrogens with two attached hydrogens (primary N) is 1. The summed E-state index contributed by atoms with van der Waals surface area (Å²) in [6, 6.07) is 4.77. The lowest BCUT2D eigenvalue weighted by molar-refractivity contribution is 0.0696. The molecule has 0 aliphatic rings. The van der Waals surface area contributed by atoms with Crippen molar-refractivity contribution < 1.29 is 18.7 Å². The average Bonchev–Trinajstić information content (AvgIpc) is 2.41. The number of carbonyl (C=O) groups is 1.